The third-order valence-corrected chi connectivity index (χ3v) is 2.88. The standard InChI is InChI=1S/C12H11F6NO/c13-11(14,15)7-3-8(12(16,17)18)5-10(4-7)20-9-1-2-19-6-9/h3-5,9,19H,1-2,6H2/t9-/m0/s1. The number of nitrogens with one attached hydrogen (secondary N) is 1. The first kappa shape index (κ1) is 15.0. The molecule has 1 heterocycles. The highest BCUT2D eigenvalue weighted by Gasteiger charge is 2.37. The maximum Gasteiger partial charge on any atom is 0.416 e. The third kappa shape index (κ3) is 3.56. The van der Waals surface area contributed by atoms with Crippen molar-refractivity contribution in [3.05, 3.63) is 29.3 Å². The van der Waals surface area contributed by atoms with E-state index in [9.17, 15) is 26.3 Å². The first-order valence-corrected chi connectivity index (χ1v) is 5.83. The lowest BCUT2D eigenvalue weighted by Gasteiger charge is -2.17. The highest BCUT2D eigenvalue weighted by Crippen LogP contribution is 2.38. The predicted molar refractivity (Wildman–Crippen MR) is 58.3 cm³/mol. The van der Waals surface area contributed by atoms with E-state index in [1.807, 2.05) is 0 Å². The van der Waals surface area contributed by atoms with Crippen LogP contribution >= 0.6 is 0 Å². The van der Waals surface area contributed by atoms with Crippen LogP contribution in [0.4, 0.5) is 26.3 Å². The summed E-state index contributed by atoms with van der Waals surface area (Å²) in [5, 5.41) is 2.91. The summed E-state index contributed by atoms with van der Waals surface area (Å²) in [6.45, 7) is 1.02. The van der Waals surface area contributed by atoms with E-state index < -0.39 is 35.3 Å². The molecule has 1 N–H and O–H groups in total. The molecule has 0 amide bonds. The van der Waals surface area contributed by atoms with Gasteiger partial charge in [-0.15, -0.1) is 0 Å². The van der Waals surface area contributed by atoms with Gasteiger partial charge in [0.15, 0.2) is 0 Å². The normalized spacial score (nSPS) is 20.2. The van der Waals surface area contributed by atoms with E-state index in [2.05, 4.69) is 5.32 Å². The summed E-state index contributed by atoms with van der Waals surface area (Å²) in [6, 6.07) is 1.26. The van der Waals surface area contributed by atoms with Gasteiger partial charge >= 0.3 is 12.4 Å². The van der Waals surface area contributed by atoms with Gasteiger partial charge in [-0.2, -0.15) is 26.3 Å². The molecule has 0 saturated carbocycles. The van der Waals surface area contributed by atoms with Gasteiger partial charge in [0, 0.05) is 6.54 Å². The molecule has 0 aliphatic carbocycles. The van der Waals surface area contributed by atoms with Crippen LogP contribution < -0.4 is 10.1 Å². The SMILES string of the molecule is FC(F)(F)c1cc(O[C@H]2CCNC2)cc(C(F)(F)F)c1. The summed E-state index contributed by atoms with van der Waals surface area (Å²) in [5.74, 6) is -0.416. The Balaban J connectivity index is 2.34. The van der Waals surface area contributed by atoms with Crippen LogP contribution in [-0.4, -0.2) is 19.2 Å². The molecule has 0 radical (unpaired) electrons. The fourth-order valence-electron chi connectivity index (χ4n) is 1.92. The third-order valence-electron chi connectivity index (χ3n) is 2.88. The summed E-state index contributed by atoms with van der Waals surface area (Å²) in [6.07, 6.45) is -9.59. The molecular weight excluding hydrogens is 288 g/mol. The van der Waals surface area contributed by atoms with Crippen molar-refractivity contribution >= 4 is 0 Å². The van der Waals surface area contributed by atoms with E-state index in [1.165, 1.54) is 0 Å². The number of halogens is 6. The van der Waals surface area contributed by atoms with Gasteiger partial charge in [0.05, 0.1) is 11.1 Å². The summed E-state index contributed by atoms with van der Waals surface area (Å²) < 4.78 is 80.9. The highest BCUT2D eigenvalue weighted by molar-refractivity contribution is 5.37. The van der Waals surface area contributed by atoms with Crippen molar-refractivity contribution in [3.63, 3.8) is 0 Å². The molecule has 2 rings (SSSR count). The molecular formula is C12H11F6NO. The van der Waals surface area contributed by atoms with Gasteiger partial charge in [0.2, 0.25) is 0 Å². The van der Waals surface area contributed by atoms with E-state index in [1.54, 1.807) is 0 Å². The van der Waals surface area contributed by atoms with Gasteiger partial charge in [-0.1, -0.05) is 0 Å². The van der Waals surface area contributed by atoms with Gasteiger partial charge in [-0.05, 0) is 31.2 Å². The lowest BCUT2D eigenvalue weighted by atomic mass is 10.1. The van der Waals surface area contributed by atoms with Crippen LogP contribution in [0, 0.1) is 0 Å². The molecule has 1 aliphatic rings. The minimum absolute atomic E-state index is 0.0831. The van der Waals surface area contributed by atoms with Gasteiger partial charge in [0.25, 0.3) is 0 Å². The van der Waals surface area contributed by atoms with Crippen LogP contribution in [0.3, 0.4) is 0 Å². The molecule has 1 fully saturated rings. The van der Waals surface area contributed by atoms with Crippen molar-refractivity contribution in [3.8, 4) is 5.75 Å². The Morgan fingerprint density at radius 1 is 0.950 bits per heavy atom. The van der Waals surface area contributed by atoms with Gasteiger partial charge in [-0.25, -0.2) is 0 Å². The van der Waals surface area contributed by atoms with Crippen LogP contribution in [0.5, 0.6) is 5.75 Å². The lowest BCUT2D eigenvalue weighted by molar-refractivity contribution is -0.143. The Labute approximate surface area is 110 Å². The zero-order valence-electron chi connectivity index (χ0n) is 10.1. The quantitative estimate of drug-likeness (QED) is 0.844. The molecule has 1 atom stereocenters. The van der Waals surface area contributed by atoms with Crippen LogP contribution in [0.25, 0.3) is 0 Å². The van der Waals surface area contributed by atoms with Crippen LogP contribution in [-0.2, 0) is 12.4 Å². The Morgan fingerprint density at radius 2 is 1.50 bits per heavy atom. The Hall–Kier alpha value is -1.44. The van der Waals surface area contributed by atoms with E-state index in [4.69, 9.17) is 4.74 Å². The summed E-state index contributed by atoms with van der Waals surface area (Å²) in [5.41, 5.74) is -2.73. The number of hydrogen-bond donors (Lipinski definition) is 1. The monoisotopic (exact) mass is 299 g/mol. The van der Waals surface area contributed by atoms with Crippen LogP contribution in [0.2, 0.25) is 0 Å². The molecule has 8 heteroatoms. The van der Waals surface area contributed by atoms with Crippen molar-refractivity contribution in [2.75, 3.05) is 13.1 Å². The molecule has 1 aromatic rings. The smallest absolute Gasteiger partial charge is 0.416 e. The number of alkyl halides is 6. The molecule has 0 spiro atoms. The first-order chi connectivity index (χ1) is 9.16. The van der Waals surface area contributed by atoms with Crippen molar-refractivity contribution in [2.24, 2.45) is 0 Å². The van der Waals surface area contributed by atoms with E-state index in [-0.39, 0.29) is 6.07 Å². The Kier molecular flexibility index (Phi) is 3.86. The average molecular weight is 299 g/mol. The largest absolute Gasteiger partial charge is 0.489 e. The summed E-state index contributed by atoms with van der Waals surface area (Å²) in [4.78, 5) is 0. The van der Waals surface area contributed by atoms with Crippen LogP contribution in [0.1, 0.15) is 17.5 Å². The van der Waals surface area contributed by atoms with Crippen molar-refractivity contribution in [1.82, 2.24) is 5.32 Å². The minimum atomic E-state index is -4.85. The number of hydrogen-bond acceptors (Lipinski definition) is 2. The zero-order valence-corrected chi connectivity index (χ0v) is 10.1. The molecule has 112 valence electrons. The van der Waals surface area contributed by atoms with Crippen LogP contribution in [0.15, 0.2) is 18.2 Å². The average Bonchev–Trinajstić information content (AvgIpc) is 2.79. The maximum atomic E-state index is 12.6. The number of benzene rings is 1. The summed E-state index contributed by atoms with van der Waals surface area (Å²) >= 11 is 0. The Bertz CT molecular complexity index is 444. The topological polar surface area (TPSA) is 21.3 Å². The summed E-state index contributed by atoms with van der Waals surface area (Å²) in [7, 11) is 0. The van der Waals surface area contributed by atoms with Gasteiger partial charge < -0.3 is 10.1 Å². The van der Waals surface area contributed by atoms with Gasteiger partial charge in [0.1, 0.15) is 11.9 Å². The van der Waals surface area contributed by atoms with E-state index >= 15 is 0 Å². The highest BCUT2D eigenvalue weighted by atomic mass is 19.4. The minimum Gasteiger partial charge on any atom is -0.489 e. The molecule has 1 saturated heterocycles. The molecule has 1 aliphatic heterocycles. The van der Waals surface area contributed by atoms with E-state index in [0.29, 0.717) is 31.6 Å². The van der Waals surface area contributed by atoms with Crippen molar-refractivity contribution < 1.29 is 31.1 Å². The second kappa shape index (κ2) is 5.16. The second-order valence-electron chi connectivity index (χ2n) is 4.47. The molecule has 2 nitrogen and oxygen atoms in total. The second-order valence-corrected chi connectivity index (χ2v) is 4.47. The fraction of sp³-hybridized carbons (Fsp3) is 0.500. The maximum absolute atomic E-state index is 12.6. The molecule has 20 heavy (non-hydrogen) atoms. The molecule has 0 unspecified atom stereocenters. The molecule has 1 aromatic carbocycles. The van der Waals surface area contributed by atoms with Crippen molar-refractivity contribution in [1.29, 1.82) is 0 Å². The first-order valence-electron chi connectivity index (χ1n) is 5.83. The molecule has 0 aromatic heterocycles. The Morgan fingerprint density at radius 3 is 1.90 bits per heavy atom. The number of ether oxygens (including phenoxy) is 1. The lowest BCUT2D eigenvalue weighted by Crippen LogP contribution is -2.20. The van der Waals surface area contributed by atoms with Gasteiger partial charge in [-0.3, -0.25) is 0 Å². The van der Waals surface area contributed by atoms with Crippen molar-refractivity contribution in [2.45, 2.75) is 24.9 Å². The predicted octanol–water partition coefficient (Wildman–Crippen LogP) is 3.46. The molecule has 0 bridgehead atoms. The number of rotatable bonds is 2. The zero-order chi connectivity index (χ0) is 15.0. The fourth-order valence-corrected chi connectivity index (χ4v) is 1.92. The van der Waals surface area contributed by atoms with E-state index in [0.717, 1.165) is 0 Å².